The molecule has 1 heterocycles. The van der Waals surface area contributed by atoms with Gasteiger partial charge in [-0.25, -0.2) is 0 Å². The highest BCUT2D eigenvalue weighted by Crippen LogP contribution is 2.29. The van der Waals surface area contributed by atoms with Crippen LogP contribution in [-0.4, -0.2) is 25.2 Å². The third-order valence-electron chi connectivity index (χ3n) is 4.60. The third-order valence-corrected chi connectivity index (χ3v) is 4.60. The van der Waals surface area contributed by atoms with Crippen molar-refractivity contribution < 1.29 is 9.53 Å². The summed E-state index contributed by atoms with van der Waals surface area (Å²) >= 11 is 0. The maximum Gasteiger partial charge on any atom is 0.220 e. The van der Waals surface area contributed by atoms with Crippen LogP contribution in [0.5, 0.6) is 0 Å². The summed E-state index contributed by atoms with van der Waals surface area (Å²) in [4.78, 5) is 12.1. The molecule has 2 rings (SSSR count). The zero-order chi connectivity index (χ0) is 13.0. The van der Waals surface area contributed by atoms with Gasteiger partial charge in [0, 0.05) is 25.7 Å². The van der Waals surface area contributed by atoms with E-state index >= 15 is 0 Å². The number of hydrogen-bond acceptors (Lipinski definition) is 2. The molecule has 1 aliphatic carbocycles. The van der Waals surface area contributed by atoms with Gasteiger partial charge in [-0.3, -0.25) is 4.79 Å². The quantitative estimate of drug-likeness (QED) is 0.840. The third kappa shape index (κ3) is 3.71. The molecule has 1 saturated heterocycles. The lowest BCUT2D eigenvalue weighted by atomic mass is 9.78. The largest absolute Gasteiger partial charge is 0.381 e. The molecule has 1 aliphatic heterocycles. The molecular formula is C15H27NO2. The van der Waals surface area contributed by atoms with Crippen molar-refractivity contribution in [1.29, 1.82) is 0 Å². The second kappa shape index (κ2) is 6.55. The summed E-state index contributed by atoms with van der Waals surface area (Å²) < 4.78 is 5.44. The smallest absolute Gasteiger partial charge is 0.220 e. The minimum Gasteiger partial charge on any atom is -0.381 e. The first-order valence-corrected chi connectivity index (χ1v) is 7.54. The standard InChI is InChI=1S/C15H27NO2/c1-11-5-3-6-12(2)15(11)16-14(17)9-13-7-4-8-18-10-13/h11-13,15H,3-10H2,1-2H3,(H,16,17). The topological polar surface area (TPSA) is 38.3 Å². The van der Waals surface area contributed by atoms with Crippen LogP contribution in [0.2, 0.25) is 0 Å². The Hall–Kier alpha value is -0.570. The van der Waals surface area contributed by atoms with Gasteiger partial charge in [-0.1, -0.05) is 20.3 Å². The van der Waals surface area contributed by atoms with E-state index in [1.807, 2.05) is 0 Å². The van der Waals surface area contributed by atoms with Crippen molar-refractivity contribution in [2.75, 3.05) is 13.2 Å². The Morgan fingerprint density at radius 2 is 1.89 bits per heavy atom. The minimum atomic E-state index is 0.233. The molecule has 104 valence electrons. The van der Waals surface area contributed by atoms with Gasteiger partial charge in [0.15, 0.2) is 0 Å². The maximum atomic E-state index is 12.1. The molecule has 0 aromatic carbocycles. The fraction of sp³-hybridized carbons (Fsp3) is 0.933. The van der Waals surface area contributed by atoms with E-state index in [1.165, 1.54) is 19.3 Å². The monoisotopic (exact) mass is 253 g/mol. The molecule has 1 N–H and O–H groups in total. The molecule has 0 aromatic heterocycles. The molecule has 0 aromatic rings. The number of ether oxygens (including phenoxy) is 1. The zero-order valence-electron chi connectivity index (χ0n) is 11.8. The van der Waals surface area contributed by atoms with Gasteiger partial charge in [-0.2, -0.15) is 0 Å². The molecule has 3 heteroatoms. The number of rotatable bonds is 3. The lowest BCUT2D eigenvalue weighted by Gasteiger charge is -2.35. The van der Waals surface area contributed by atoms with E-state index in [0.717, 1.165) is 26.1 Å². The van der Waals surface area contributed by atoms with Gasteiger partial charge in [0.2, 0.25) is 5.91 Å². The summed E-state index contributed by atoms with van der Waals surface area (Å²) in [6.07, 6.45) is 6.71. The van der Waals surface area contributed by atoms with Crippen LogP contribution in [-0.2, 0) is 9.53 Å². The van der Waals surface area contributed by atoms with Gasteiger partial charge < -0.3 is 10.1 Å². The van der Waals surface area contributed by atoms with E-state index in [0.29, 0.717) is 30.2 Å². The van der Waals surface area contributed by atoms with Gasteiger partial charge in [0.1, 0.15) is 0 Å². The molecule has 3 atom stereocenters. The van der Waals surface area contributed by atoms with Crippen molar-refractivity contribution in [3.05, 3.63) is 0 Å². The lowest BCUT2D eigenvalue weighted by Crippen LogP contribution is -2.46. The molecule has 3 nitrogen and oxygen atoms in total. The van der Waals surface area contributed by atoms with Gasteiger partial charge in [0.05, 0.1) is 0 Å². The van der Waals surface area contributed by atoms with E-state index in [2.05, 4.69) is 19.2 Å². The lowest BCUT2D eigenvalue weighted by molar-refractivity contribution is -0.124. The van der Waals surface area contributed by atoms with Gasteiger partial charge in [-0.15, -0.1) is 0 Å². The highest BCUT2D eigenvalue weighted by molar-refractivity contribution is 5.76. The second-order valence-corrected chi connectivity index (χ2v) is 6.27. The van der Waals surface area contributed by atoms with Crippen molar-refractivity contribution in [2.45, 2.75) is 58.4 Å². The molecule has 0 radical (unpaired) electrons. The zero-order valence-corrected chi connectivity index (χ0v) is 11.8. The van der Waals surface area contributed by atoms with Crippen LogP contribution in [0.3, 0.4) is 0 Å². The first kappa shape index (κ1) is 13.9. The summed E-state index contributed by atoms with van der Waals surface area (Å²) in [5.74, 6) is 1.92. The van der Waals surface area contributed by atoms with Crippen molar-refractivity contribution >= 4 is 5.91 Å². The van der Waals surface area contributed by atoms with Crippen LogP contribution in [0.1, 0.15) is 52.4 Å². The Bertz CT molecular complexity index is 264. The summed E-state index contributed by atoms with van der Waals surface area (Å²) in [7, 11) is 0. The average molecular weight is 253 g/mol. The molecule has 2 fully saturated rings. The molecule has 18 heavy (non-hydrogen) atoms. The molecule has 2 aliphatic rings. The molecular weight excluding hydrogens is 226 g/mol. The number of nitrogens with one attached hydrogen (secondary N) is 1. The van der Waals surface area contributed by atoms with Crippen molar-refractivity contribution in [2.24, 2.45) is 17.8 Å². The predicted molar refractivity (Wildman–Crippen MR) is 72.3 cm³/mol. The molecule has 0 spiro atoms. The van der Waals surface area contributed by atoms with Crippen LogP contribution in [0.15, 0.2) is 0 Å². The van der Waals surface area contributed by atoms with Crippen LogP contribution >= 0.6 is 0 Å². The maximum absolute atomic E-state index is 12.1. The Balaban J connectivity index is 1.78. The summed E-state index contributed by atoms with van der Waals surface area (Å²) in [6.45, 7) is 6.17. The number of hydrogen-bond donors (Lipinski definition) is 1. The molecule has 1 saturated carbocycles. The second-order valence-electron chi connectivity index (χ2n) is 6.27. The predicted octanol–water partition coefficient (Wildman–Crippen LogP) is 2.74. The van der Waals surface area contributed by atoms with E-state index in [4.69, 9.17) is 4.74 Å². The molecule has 3 unspecified atom stereocenters. The number of carbonyl (C=O) groups excluding carboxylic acids is 1. The molecule has 1 amide bonds. The highest BCUT2D eigenvalue weighted by Gasteiger charge is 2.29. The number of carbonyl (C=O) groups is 1. The summed E-state index contributed by atoms with van der Waals surface area (Å²) in [5.41, 5.74) is 0. The average Bonchev–Trinajstić information content (AvgIpc) is 2.35. The molecule has 0 bridgehead atoms. The fourth-order valence-electron chi connectivity index (χ4n) is 3.44. The van der Waals surface area contributed by atoms with Crippen LogP contribution in [0.4, 0.5) is 0 Å². The van der Waals surface area contributed by atoms with E-state index in [1.54, 1.807) is 0 Å². The van der Waals surface area contributed by atoms with Gasteiger partial charge in [0.25, 0.3) is 0 Å². The normalized spacial score (nSPS) is 37.2. The van der Waals surface area contributed by atoms with Crippen LogP contribution in [0, 0.1) is 17.8 Å². The summed E-state index contributed by atoms with van der Waals surface area (Å²) in [6, 6.07) is 0.385. The minimum absolute atomic E-state index is 0.233. The van der Waals surface area contributed by atoms with Gasteiger partial charge in [-0.05, 0) is 43.4 Å². The van der Waals surface area contributed by atoms with E-state index in [-0.39, 0.29) is 5.91 Å². The summed E-state index contributed by atoms with van der Waals surface area (Å²) in [5, 5.41) is 3.27. The van der Waals surface area contributed by atoms with Crippen molar-refractivity contribution in [3.8, 4) is 0 Å². The Kier molecular flexibility index (Phi) is 5.04. The number of amides is 1. The van der Waals surface area contributed by atoms with E-state index < -0.39 is 0 Å². The van der Waals surface area contributed by atoms with E-state index in [9.17, 15) is 4.79 Å². The van der Waals surface area contributed by atoms with Crippen LogP contribution < -0.4 is 5.32 Å². The van der Waals surface area contributed by atoms with Crippen molar-refractivity contribution in [1.82, 2.24) is 5.32 Å². The fourth-order valence-corrected chi connectivity index (χ4v) is 3.44. The Morgan fingerprint density at radius 3 is 2.50 bits per heavy atom. The first-order valence-electron chi connectivity index (χ1n) is 7.54. The Morgan fingerprint density at radius 1 is 1.17 bits per heavy atom. The van der Waals surface area contributed by atoms with Crippen LogP contribution in [0.25, 0.3) is 0 Å². The van der Waals surface area contributed by atoms with Gasteiger partial charge >= 0.3 is 0 Å². The highest BCUT2D eigenvalue weighted by atomic mass is 16.5. The first-order chi connectivity index (χ1) is 8.66. The van der Waals surface area contributed by atoms with Crippen molar-refractivity contribution in [3.63, 3.8) is 0 Å². The SMILES string of the molecule is CC1CCCC(C)C1NC(=O)CC1CCCOC1. The Labute approximate surface area is 111 Å².